The first-order valence-electron chi connectivity index (χ1n) is 2.73. The van der Waals surface area contributed by atoms with Crippen molar-refractivity contribution in [2.75, 3.05) is 0 Å². The highest BCUT2D eigenvalue weighted by atomic mass is 127. The van der Waals surface area contributed by atoms with Crippen molar-refractivity contribution in [3.05, 3.63) is 12.2 Å². The Morgan fingerprint density at radius 1 is 1.60 bits per heavy atom. The first-order chi connectivity index (χ1) is 4.66. The van der Waals surface area contributed by atoms with Gasteiger partial charge in [0.25, 0.3) is 0 Å². The van der Waals surface area contributed by atoms with Gasteiger partial charge in [-0.1, -0.05) is 6.08 Å². The lowest BCUT2D eigenvalue weighted by atomic mass is 10.3. The van der Waals surface area contributed by atoms with E-state index in [1.165, 1.54) is 19.1 Å². The van der Waals surface area contributed by atoms with Crippen molar-refractivity contribution in [1.82, 2.24) is 3.53 Å². The average Bonchev–Trinajstić information content (AvgIpc) is 1.87. The van der Waals surface area contributed by atoms with Gasteiger partial charge < -0.3 is 0 Å². The van der Waals surface area contributed by atoms with E-state index >= 15 is 0 Å². The fraction of sp³-hybridized carbons (Fsp3) is 0.333. The van der Waals surface area contributed by atoms with Gasteiger partial charge in [0.1, 0.15) is 0 Å². The fourth-order valence-electron chi connectivity index (χ4n) is 0.371. The molecular weight excluding hydrogens is 245 g/mol. The Kier molecular flexibility index (Phi) is 5.19. The molecule has 0 rings (SSSR count). The number of carbonyl (C=O) groups is 2. The number of halogens is 1. The second-order valence-corrected chi connectivity index (χ2v) is 2.27. The maximum atomic E-state index is 10.5. The highest BCUT2D eigenvalue weighted by Crippen LogP contribution is 1.85. The van der Waals surface area contributed by atoms with Gasteiger partial charge in [-0.2, -0.15) is 0 Å². The number of hydrogen-bond donors (Lipinski definition) is 1. The second-order valence-electron chi connectivity index (χ2n) is 1.73. The maximum absolute atomic E-state index is 10.5. The summed E-state index contributed by atoms with van der Waals surface area (Å²) in [6.45, 7) is 1.44. The van der Waals surface area contributed by atoms with Gasteiger partial charge in [-0.15, -0.1) is 0 Å². The van der Waals surface area contributed by atoms with Crippen LogP contribution in [-0.4, -0.2) is 11.7 Å². The summed E-state index contributed by atoms with van der Waals surface area (Å²) >= 11 is 1.75. The van der Waals surface area contributed by atoms with Crippen LogP contribution in [0.1, 0.15) is 13.3 Å². The molecule has 0 saturated carbocycles. The van der Waals surface area contributed by atoms with Gasteiger partial charge >= 0.3 is 0 Å². The molecule has 10 heavy (non-hydrogen) atoms. The molecule has 3 nitrogen and oxygen atoms in total. The molecule has 0 unspecified atom stereocenters. The lowest BCUT2D eigenvalue weighted by Gasteiger charge is -1.88. The lowest BCUT2D eigenvalue weighted by Crippen LogP contribution is -2.09. The van der Waals surface area contributed by atoms with E-state index in [0.29, 0.717) is 0 Å². The summed E-state index contributed by atoms with van der Waals surface area (Å²) < 4.78 is 2.41. The number of ketones is 1. The molecule has 0 bridgehead atoms. The Balaban J connectivity index is 3.53. The number of allylic oxidation sites excluding steroid dienone is 1. The molecule has 0 spiro atoms. The van der Waals surface area contributed by atoms with Gasteiger partial charge in [0.15, 0.2) is 5.78 Å². The molecule has 0 aliphatic heterocycles. The van der Waals surface area contributed by atoms with E-state index in [1.54, 1.807) is 22.9 Å². The number of amides is 1. The van der Waals surface area contributed by atoms with Crippen LogP contribution in [0.15, 0.2) is 12.2 Å². The van der Waals surface area contributed by atoms with E-state index in [4.69, 9.17) is 0 Å². The van der Waals surface area contributed by atoms with E-state index < -0.39 is 0 Å². The number of rotatable bonds is 3. The maximum Gasteiger partial charge on any atom is 0.232 e. The van der Waals surface area contributed by atoms with E-state index in [-0.39, 0.29) is 18.1 Å². The first kappa shape index (κ1) is 9.61. The molecular formula is C6H8INO2. The second kappa shape index (κ2) is 5.40. The van der Waals surface area contributed by atoms with Crippen molar-refractivity contribution in [1.29, 1.82) is 0 Å². The molecule has 0 radical (unpaired) electrons. The molecule has 1 N–H and O–H groups in total. The summed E-state index contributed by atoms with van der Waals surface area (Å²) in [6.07, 6.45) is 3.19. The van der Waals surface area contributed by atoms with Gasteiger partial charge in [0.05, 0.1) is 22.9 Å². The molecule has 0 aromatic carbocycles. The quantitative estimate of drug-likeness (QED) is 0.463. The van der Waals surface area contributed by atoms with Gasteiger partial charge in [-0.25, -0.2) is 0 Å². The van der Waals surface area contributed by atoms with Crippen LogP contribution in [0, 0.1) is 0 Å². The van der Waals surface area contributed by atoms with Crippen molar-refractivity contribution < 1.29 is 9.59 Å². The SMILES string of the molecule is CC(=O)/C=C\CC(=O)NI. The first-order valence-corrected chi connectivity index (χ1v) is 3.81. The van der Waals surface area contributed by atoms with Crippen LogP contribution >= 0.6 is 22.9 Å². The molecule has 0 fully saturated rings. The summed E-state index contributed by atoms with van der Waals surface area (Å²) in [4.78, 5) is 20.8. The summed E-state index contributed by atoms with van der Waals surface area (Å²) in [5.41, 5.74) is 0. The summed E-state index contributed by atoms with van der Waals surface area (Å²) in [5, 5.41) is 0. The molecule has 56 valence electrons. The van der Waals surface area contributed by atoms with Gasteiger partial charge in [0.2, 0.25) is 5.91 Å². The normalized spacial score (nSPS) is 9.80. The Morgan fingerprint density at radius 3 is 2.60 bits per heavy atom. The molecule has 0 aromatic rings. The smallest absolute Gasteiger partial charge is 0.232 e. The zero-order valence-electron chi connectivity index (χ0n) is 5.56. The highest BCUT2D eigenvalue weighted by Gasteiger charge is 1.92. The largest absolute Gasteiger partial charge is 0.299 e. The average molecular weight is 253 g/mol. The van der Waals surface area contributed by atoms with Gasteiger partial charge in [-0.05, 0) is 13.0 Å². The molecule has 4 heteroatoms. The molecule has 0 aliphatic rings. The summed E-state index contributed by atoms with van der Waals surface area (Å²) in [5.74, 6) is -0.139. The molecule has 0 atom stereocenters. The Morgan fingerprint density at radius 2 is 2.20 bits per heavy atom. The monoisotopic (exact) mass is 253 g/mol. The minimum absolute atomic E-state index is 0.0405. The number of nitrogens with one attached hydrogen (secondary N) is 1. The highest BCUT2D eigenvalue weighted by molar-refractivity contribution is 14.1. The zero-order chi connectivity index (χ0) is 7.98. The molecule has 0 saturated heterocycles. The minimum Gasteiger partial charge on any atom is -0.299 e. The Hall–Kier alpha value is -0.390. The third kappa shape index (κ3) is 5.74. The predicted octanol–water partition coefficient (Wildman–Crippen LogP) is 0.988. The lowest BCUT2D eigenvalue weighted by molar-refractivity contribution is -0.118. The van der Waals surface area contributed by atoms with E-state index in [9.17, 15) is 9.59 Å². The van der Waals surface area contributed by atoms with Gasteiger partial charge in [0, 0.05) is 6.42 Å². The zero-order valence-corrected chi connectivity index (χ0v) is 7.71. The Labute approximate surface area is 73.4 Å². The van der Waals surface area contributed by atoms with Crippen LogP contribution in [0.3, 0.4) is 0 Å². The van der Waals surface area contributed by atoms with Crippen molar-refractivity contribution >= 4 is 34.6 Å². The molecule has 0 aliphatic carbocycles. The molecule has 0 aromatic heterocycles. The van der Waals surface area contributed by atoms with Crippen LogP contribution in [-0.2, 0) is 9.59 Å². The van der Waals surface area contributed by atoms with Crippen molar-refractivity contribution in [3.63, 3.8) is 0 Å². The minimum atomic E-state index is -0.0990. The number of carbonyl (C=O) groups excluding carboxylic acids is 2. The molecule has 1 amide bonds. The van der Waals surface area contributed by atoms with Crippen molar-refractivity contribution in [2.24, 2.45) is 0 Å². The van der Waals surface area contributed by atoms with E-state index in [0.717, 1.165) is 0 Å². The van der Waals surface area contributed by atoms with Gasteiger partial charge in [-0.3, -0.25) is 13.1 Å². The van der Waals surface area contributed by atoms with Crippen molar-refractivity contribution in [2.45, 2.75) is 13.3 Å². The Bertz CT molecular complexity index is 165. The van der Waals surface area contributed by atoms with Crippen LogP contribution in [0.25, 0.3) is 0 Å². The van der Waals surface area contributed by atoms with E-state index in [2.05, 4.69) is 3.53 Å². The summed E-state index contributed by atoms with van der Waals surface area (Å²) in [6, 6.07) is 0. The van der Waals surface area contributed by atoms with E-state index in [1.807, 2.05) is 0 Å². The predicted molar refractivity (Wildman–Crippen MR) is 46.6 cm³/mol. The topological polar surface area (TPSA) is 46.2 Å². The van der Waals surface area contributed by atoms with Crippen LogP contribution in [0.2, 0.25) is 0 Å². The standard InChI is InChI=1S/C6H8INO2/c1-5(9)3-2-4-6(10)8-7/h2-3H,4H2,1H3,(H,8,10)/b3-2-. The molecule has 0 heterocycles. The fourth-order valence-corrected chi connectivity index (χ4v) is 0.591. The van der Waals surface area contributed by atoms with Crippen molar-refractivity contribution in [3.8, 4) is 0 Å². The third-order valence-electron chi connectivity index (χ3n) is 0.761. The van der Waals surface area contributed by atoms with Crippen LogP contribution in [0.4, 0.5) is 0 Å². The number of hydrogen-bond acceptors (Lipinski definition) is 2. The van der Waals surface area contributed by atoms with Crippen LogP contribution < -0.4 is 3.53 Å². The van der Waals surface area contributed by atoms with Crippen LogP contribution in [0.5, 0.6) is 0 Å². The third-order valence-corrected chi connectivity index (χ3v) is 1.36. The summed E-state index contributed by atoms with van der Waals surface area (Å²) in [7, 11) is 0.